The lowest BCUT2D eigenvalue weighted by atomic mass is 9.80. The number of carboxylic acid groups (broad SMARTS) is 1. The third-order valence-electron chi connectivity index (χ3n) is 6.40. The molecule has 1 heterocycles. The van der Waals surface area contributed by atoms with Crippen molar-refractivity contribution in [3.05, 3.63) is 101 Å². The molecule has 0 aliphatic heterocycles. The Morgan fingerprint density at radius 3 is 2.57 bits per heavy atom. The third kappa shape index (κ3) is 4.62. The lowest BCUT2D eigenvalue weighted by molar-refractivity contribution is 0.0697. The molecule has 1 aliphatic rings. The summed E-state index contributed by atoms with van der Waals surface area (Å²) in [6, 6.07) is 23.3. The van der Waals surface area contributed by atoms with Gasteiger partial charge in [0.05, 0.1) is 23.9 Å². The molecule has 176 valence electrons. The van der Waals surface area contributed by atoms with Crippen LogP contribution in [0.2, 0.25) is 0 Å². The Hall–Kier alpha value is -4.12. The minimum Gasteiger partial charge on any atom is -0.493 e. The minimum atomic E-state index is -0.908. The van der Waals surface area contributed by atoms with Gasteiger partial charge in [-0.3, -0.25) is 0 Å². The molecule has 0 bridgehead atoms. The number of ether oxygens (including phenoxy) is 2. The van der Waals surface area contributed by atoms with Crippen molar-refractivity contribution in [1.82, 2.24) is 4.98 Å². The number of allylic oxidation sites excluding steroid dienone is 1. The first-order chi connectivity index (χ1) is 17.0. The summed E-state index contributed by atoms with van der Waals surface area (Å²) in [4.78, 5) is 17.2. The number of aromatic nitrogens is 1. The monoisotopic (exact) mass is 465 g/mol. The van der Waals surface area contributed by atoms with Crippen LogP contribution in [0.25, 0.3) is 22.6 Å². The van der Waals surface area contributed by atoms with Crippen LogP contribution in [0.3, 0.4) is 0 Å². The van der Waals surface area contributed by atoms with E-state index in [4.69, 9.17) is 14.5 Å². The third-order valence-corrected chi connectivity index (χ3v) is 6.40. The topological polar surface area (TPSA) is 68.7 Å². The minimum absolute atomic E-state index is 0.307. The second-order valence-electron chi connectivity index (χ2n) is 9.00. The summed E-state index contributed by atoms with van der Waals surface area (Å²) in [5.41, 5.74) is 5.72. The molecule has 0 saturated heterocycles. The molecule has 0 amide bonds. The van der Waals surface area contributed by atoms with Crippen molar-refractivity contribution < 1.29 is 19.4 Å². The highest BCUT2D eigenvalue weighted by molar-refractivity contribution is 6.06. The second kappa shape index (κ2) is 9.63. The molecule has 0 spiro atoms. The van der Waals surface area contributed by atoms with Crippen LogP contribution in [-0.4, -0.2) is 23.2 Å². The van der Waals surface area contributed by atoms with E-state index in [0.717, 1.165) is 34.4 Å². The Morgan fingerprint density at radius 1 is 1.03 bits per heavy atom. The highest BCUT2D eigenvalue weighted by Crippen LogP contribution is 2.39. The van der Waals surface area contributed by atoms with Gasteiger partial charge in [-0.05, 0) is 65.3 Å². The molecule has 1 aliphatic carbocycles. The Balaban J connectivity index is 1.57. The van der Waals surface area contributed by atoms with Crippen molar-refractivity contribution in [2.24, 2.45) is 5.92 Å². The van der Waals surface area contributed by atoms with Gasteiger partial charge in [0, 0.05) is 5.39 Å². The largest absolute Gasteiger partial charge is 0.493 e. The molecular weight excluding hydrogens is 438 g/mol. The number of carboxylic acids is 1. The van der Waals surface area contributed by atoms with Gasteiger partial charge >= 0.3 is 5.97 Å². The first kappa shape index (κ1) is 22.7. The summed E-state index contributed by atoms with van der Waals surface area (Å²) >= 11 is 0. The summed E-state index contributed by atoms with van der Waals surface area (Å²) in [6.07, 6.45) is 3.61. The fraction of sp³-hybridized carbons (Fsp3) is 0.200. The van der Waals surface area contributed by atoms with Gasteiger partial charge in [0.15, 0.2) is 11.5 Å². The average molecular weight is 466 g/mol. The number of benzene rings is 3. The van der Waals surface area contributed by atoms with Crippen LogP contribution < -0.4 is 9.47 Å². The van der Waals surface area contributed by atoms with E-state index in [9.17, 15) is 9.90 Å². The normalized spacial score (nSPS) is 16.2. The van der Waals surface area contributed by atoms with E-state index in [1.807, 2.05) is 72.8 Å². The fourth-order valence-electron chi connectivity index (χ4n) is 4.81. The molecule has 1 unspecified atom stereocenters. The summed E-state index contributed by atoms with van der Waals surface area (Å²) in [6.45, 7) is 2.59. The van der Waals surface area contributed by atoms with Gasteiger partial charge in [0.25, 0.3) is 0 Å². The van der Waals surface area contributed by atoms with E-state index in [1.54, 1.807) is 7.11 Å². The maximum absolute atomic E-state index is 12.3. The van der Waals surface area contributed by atoms with Crippen molar-refractivity contribution in [3.8, 4) is 11.5 Å². The number of pyridine rings is 1. The number of methoxy groups -OCH3 is 1. The van der Waals surface area contributed by atoms with E-state index in [2.05, 4.69) is 13.0 Å². The lowest BCUT2D eigenvalue weighted by Crippen LogP contribution is -2.17. The van der Waals surface area contributed by atoms with Gasteiger partial charge in [-0.25, -0.2) is 9.78 Å². The maximum Gasteiger partial charge on any atom is 0.336 e. The number of aromatic carboxylic acids is 1. The van der Waals surface area contributed by atoms with Gasteiger partial charge < -0.3 is 14.6 Å². The van der Waals surface area contributed by atoms with Crippen molar-refractivity contribution in [1.29, 1.82) is 0 Å². The Morgan fingerprint density at radius 2 is 1.80 bits per heavy atom. The van der Waals surface area contributed by atoms with Crippen molar-refractivity contribution in [3.63, 3.8) is 0 Å². The van der Waals surface area contributed by atoms with Gasteiger partial charge in [-0.1, -0.05) is 61.5 Å². The van der Waals surface area contributed by atoms with Gasteiger partial charge in [0.2, 0.25) is 0 Å². The van der Waals surface area contributed by atoms with Crippen molar-refractivity contribution in [2.45, 2.75) is 26.4 Å². The number of nitrogens with zero attached hydrogens (tertiary/aromatic N) is 1. The quantitative estimate of drug-likeness (QED) is 0.346. The van der Waals surface area contributed by atoms with E-state index < -0.39 is 5.97 Å². The number of rotatable bonds is 6. The summed E-state index contributed by atoms with van der Waals surface area (Å²) in [5.74, 6) is 0.724. The second-order valence-corrected chi connectivity index (χ2v) is 9.00. The highest BCUT2D eigenvalue weighted by atomic mass is 16.5. The summed E-state index contributed by atoms with van der Waals surface area (Å²) in [7, 11) is 1.63. The first-order valence-electron chi connectivity index (χ1n) is 11.7. The predicted molar refractivity (Wildman–Crippen MR) is 138 cm³/mol. The molecule has 0 saturated carbocycles. The highest BCUT2D eigenvalue weighted by Gasteiger charge is 2.28. The van der Waals surface area contributed by atoms with E-state index in [0.29, 0.717) is 46.9 Å². The standard InChI is InChI=1S/C30H27NO4/c1-19-14-22(29-24(15-19)28(30(32)33)23-10-6-7-11-25(23)31-29)16-21-12-13-26(34-2)27(17-21)35-18-20-8-4-3-5-9-20/h3-13,16-17,19H,14-15,18H2,1-2H3,(H,32,33). The molecule has 0 radical (unpaired) electrons. The van der Waals surface area contributed by atoms with Gasteiger partial charge in [-0.15, -0.1) is 0 Å². The van der Waals surface area contributed by atoms with Crippen LogP contribution in [0.15, 0.2) is 72.8 Å². The fourth-order valence-corrected chi connectivity index (χ4v) is 4.81. The van der Waals surface area contributed by atoms with Crippen molar-refractivity contribution >= 4 is 28.5 Å². The molecule has 1 N–H and O–H groups in total. The maximum atomic E-state index is 12.3. The summed E-state index contributed by atoms with van der Waals surface area (Å²) in [5, 5.41) is 10.8. The first-order valence-corrected chi connectivity index (χ1v) is 11.7. The Labute approximate surface area is 204 Å². The number of para-hydroxylation sites is 1. The number of carbonyl (C=O) groups is 1. The number of fused-ring (bicyclic) bond motifs is 2. The zero-order valence-corrected chi connectivity index (χ0v) is 19.8. The Bertz CT molecular complexity index is 1430. The molecule has 5 heteroatoms. The van der Waals surface area contributed by atoms with Gasteiger partial charge in [0.1, 0.15) is 6.61 Å². The molecule has 0 fully saturated rings. The van der Waals surface area contributed by atoms with Crippen LogP contribution in [0.4, 0.5) is 0 Å². The average Bonchev–Trinajstić information content (AvgIpc) is 2.87. The van der Waals surface area contributed by atoms with E-state index in [1.165, 1.54) is 0 Å². The molecule has 1 atom stereocenters. The Kier molecular flexibility index (Phi) is 6.23. The smallest absolute Gasteiger partial charge is 0.336 e. The van der Waals surface area contributed by atoms with Crippen LogP contribution in [0.5, 0.6) is 11.5 Å². The molecule has 4 aromatic rings. The summed E-state index contributed by atoms with van der Waals surface area (Å²) < 4.78 is 11.6. The van der Waals surface area contributed by atoms with E-state index >= 15 is 0 Å². The zero-order valence-electron chi connectivity index (χ0n) is 19.8. The van der Waals surface area contributed by atoms with Crippen molar-refractivity contribution in [2.75, 3.05) is 7.11 Å². The van der Waals surface area contributed by atoms with Crippen LogP contribution in [0, 0.1) is 5.92 Å². The molecule has 5 nitrogen and oxygen atoms in total. The number of hydrogen-bond donors (Lipinski definition) is 1. The zero-order chi connectivity index (χ0) is 24.4. The van der Waals surface area contributed by atoms with Gasteiger partial charge in [-0.2, -0.15) is 0 Å². The molecule has 3 aromatic carbocycles. The molecule has 35 heavy (non-hydrogen) atoms. The van der Waals surface area contributed by atoms with Crippen LogP contribution in [0.1, 0.15) is 46.1 Å². The predicted octanol–water partition coefficient (Wildman–Crippen LogP) is 6.64. The van der Waals surface area contributed by atoms with Crippen LogP contribution in [-0.2, 0) is 13.0 Å². The molecule has 1 aromatic heterocycles. The molecule has 5 rings (SSSR count). The lowest BCUT2D eigenvalue weighted by Gasteiger charge is -2.26. The number of hydrogen-bond acceptors (Lipinski definition) is 4. The van der Waals surface area contributed by atoms with E-state index in [-0.39, 0.29) is 0 Å². The van der Waals surface area contributed by atoms with Crippen LogP contribution >= 0.6 is 0 Å². The molecular formula is C30H27NO4. The SMILES string of the molecule is COc1ccc(C=C2CC(C)Cc3c2nc2ccccc2c3C(=O)O)cc1OCc1ccccc1.